The molecule has 0 saturated carbocycles. The van der Waals surface area contributed by atoms with Crippen LogP contribution in [0.25, 0.3) is 0 Å². The number of hydrogen-bond donors (Lipinski definition) is 0. The summed E-state index contributed by atoms with van der Waals surface area (Å²) < 4.78 is 69.8. The summed E-state index contributed by atoms with van der Waals surface area (Å²) >= 11 is 0. The Kier molecular flexibility index (Phi) is 5.20. The van der Waals surface area contributed by atoms with E-state index in [1.165, 1.54) is 6.08 Å². The molecule has 3 rings (SSSR count). The highest BCUT2D eigenvalue weighted by atomic mass is 32.2. The molecule has 1 fully saturated rings. The van der Waals surface area contributed by atoms with Gasteiger partial charge in [0.2, 0.25) is 0 Å². The van der Waals surface area contributed by atoms with Gasteiger partial charge in [-0.1, -0.05) is 6.07 Å². The van der Waals surface area contributed by atoms with Gasteiger partial charge in [0.1, 0.15) is 11.5 Å². The smallest absolute Gasteiger partial charge is 0.496 e. The highest BCUT2D eigenvalue weighted by Gasteiger charge is 2.50. The van der Waals surface area contributed by atoms with E-state index in [0.29, 0.717) is 6.54 Å². The van der Waals surface area contributed by atoms with E-state index in [0.717, 1.165) is 35.3 Å². The minimum atomic E-state index is -5.61. The van der Waals surface area contributed by atoms with Gasteiger partial charge in [-0.25, -0.2) is 0 Å². The maximum absolute atomic E-state index is 12.5. The summed E-state index contributed by atoms with van der Waals surface area (Å²) in [6, 6.07) is 3.72. The Labute approximate surface area is 156 Å². The minimum absolute atomic E-state index is 0.0414. The van der Waals surface area contributed by atoms with E-state index in [4.69, 9.17) is 4.74 Å². The molecule has 150 valence electrons. The summed E-state index contributed by atoms with van der Waals surface area (Å²) in [5.41, 5.74) is -2.14. The van der Waals surface area contributed by atoms with Crippen molar-refractivity contribution in [3.63, 3.8) is 0 Å². The van der Waals surface area contributed by atoms with Crippen LogP contribution in [-0.4, -0.2) is 38.0 Å². The van der Waals surface area contributed by atoms with Crippen LogP contribution in [0, 0.1) is 13.8 Å². The first kappa shape index (κ1) is 20.0. The first-order valence-electron chi connectivity index (χ1n) is 8.63. The van der Waals surface area contributed by atoms with Crippen molar-refractivity contribution < 1.29 is 30.5 Å². The van der Waals surface area contributed by atoms with Crippen LogP contribution < -0.4 is 4.74 Å². The lowest BCUT2D eigenvalue weighted by atomic mass is 10.00. The molecule has 1 aromatic rings. The molecule has 2 bridgehead atoms. The van der Waals surface area contributed by atoms with Crippen LogP contribution in [0.3, 0.4) is 0 Å². The van der Waals surface area contributed by atoms with Crippen molar-refractivity contribution in [1.82, 2.24) is 4.90 Å². The molecule has 0 aromatic heterocycles. The fourth-order valence-electron chi connectivity index (χ4n) is 3.82. The fraction of sp³-hybridized carbons (Fsp3) is 0.556. The molecule has 0 radical (unpaired) electrons. The predicted molar refractivity (Wildman–Crippen MR) is 93.6 cm³/mol. The van der Waals surface area contributed by atoms with E-state index in [-0.39, 0.29) is 24.3 Å². The van der Waals surface area contributed by atoms with E-state index in [1.807, 2.05) is 26.0 Å². The lowest BCUT2D eigenvalue weighted by Crippen LogP contribution is -2.39. The highest BCUT2D eigenvalue weighted by Crippen LogP contribution is 2.39. The molecule has 2 unspecified atom stereocenters. The van der Waals surface area contributed by atoms with E-state index < -0.39 is 15.6 Å². The summed E-state index contributed by atoms with van der Waals surface area (Å²) in [5, 5.41) is 0. The Morgan fingerprint density at radius 1 is 1.19 bits per heavy atom. The number of rotatable bonds is 5. The summed E-state index contributed by atoms with van der Waals surface area (Å²) in [6.07, 6.45) is 3.21. The topological polar surface area (TPSA) is 55.8 Å². The van der Waals surface area contributed by atoms with Gasteiger partial charge in [0.25, 0.3) is 0 Å². The van der Waals surface area contributed by atoms with Crippen molar-refractivity contribution in [2.75, 3.05) is 7.11 Å². The van der Waals surface area contributed by atoms with Gasteiger partial charge in [-0.3, -0.25) is 4.90 Å². The molecular weight excluding hydrogens is 383 g/mol. The summed E-state index contributed by atoms with van der Waals surface area (Å²) in [7, 11) is -3.99. The van der Waals surface area contributed by atoms with Crippen LogP contribution in [0.2, 0.25) is 0 Å². The zero-order chi connectivity index (χ0) is 20.0. The molecule has 2 aliphatic heterocycles. The largest absolute Gasteiger partial charge is 0.534 e. The van der Waals surface area contributed by atoms with Crippen LogP contribution in [0.4, 0.5) is 13.2 Å². The first-order chi connectivity index (χ1) is 12.5. The monoisotopic (exact) mass is 405 g/mol. The maximum Gasteiger partial charge on any atom is 0.534 e. The van der Waals surface area contributed by atoms with Gasteiger partial charge >= 0.3 is 15.6 Å². The van der Waals surface area contributed by atoms with Gasteiger partial charge < -0.3 is 8.92 Å². The SMILES string of the molecule is COc1ccc(CN2C3C=C(OS(=O)(=O)C(F)(F)F)CC2CC3)c(C)c1C. The number of methoxy groups -OCH3 is 1. The number of hydrogen-bond acceptors (Lipinski definition) is 5. The Balaban J connectivity index is 1.78. The Morgan fingerprint density at radius 3 is 2.48 bits per heavy atom. The fourth-order valence-corrected chi connectivity index (χ4v) is 4.32. The molecule has 2 heterocycles. The van der Waals surface area contributed by atoms with Crippen LogP contribution in [0.1, 0.15) is 36.0 Å². The van der Waals surface area contributed by atoms with E-state index in [2.05, 4.69) is 9.08 Å². The van der Waals surface area contributed by atoms with Gasteiger partial charge in [-0.2, -0.15) is 21.6 Å². The third-order valence-electron chi connectivity index (χ3n) is 5.43. The molecule has 2 aliphatic rings. The van der Waals surface area contributed by atoms with Crippen molar-refractivity contribution in [1.29, 1.82) is 0 Å². The number of fused-ring (bicyclic) bond motifs is 2. The Bertz CT molecular complexity index is 864. The van der Waals surface area contributed by atoms with Gasteiger partial charge in [0.05, 0.1) is 7.11 Å². The quantitative estimate of drug-likeness (QED) is 0.551. The van der Waals surface area contributed by atoms with E-state index in [9.17, 15) is 21.6 Å². The average molecular weight is 405 g/mol. The normalized spacial score (nSPS) is 23.3. The van der Waals surface area contributed by atoms with Gasteiger partial charge in [-0.15, -0.1) is 0 Å². The summed E-state index contributed by atoms with van der Waals surface area (Å²) in [6.45, 7) is 4.64. The van der Waals surface area contributed by atoms with Crippen LogP contribution >= 0.6 is 0 Å². The van der Waals surface area contributed by atoms with Gasteiger partial charge in [0.15, 0.2) is 0 Å². The van der Waals surface area contributed by atoms with Gasteiger partial charge in [0, 0.05) is 25.0 Å². The van der Waals surface area contributed by atoms with Crippen molar-refractivity contribution in [2.24, 2.45) is 0 Å². The van der Waals surface area contributed by atoms with Crippen molar-refractivity contribution in [2.45, 2.75) is 57.2 Å². The van der Waals surface area contributed by atoms with Crippen molar-refractivity contribution in [3.8, 4) is 5.75 Å². The number of halogens is 3. The molecule has 2 atom stereocenters. The third kappa shape index (κ3) is 3.80. The predicted octanol–water partition coefficient (Wildman–Crippen LogP) is 3.80. The summed E-state index contributed by atoms with van der Waals surface area (Å²) in [4.78, 5) is 2.20. The van der Waals surface area contributed by atoms with Crippen LogP contribution in [0.15, 0.2) is 24.0 Å². The molecule has 0 aliphatic carbocycles. The molecule has 27 heavy (non-hydrogen) atoms. The molecule has 1 aromatic carbocycles. The zero-order valence-corrected chi connectivity index (χ0v) is 16.2. The average Bonchev–Trinajstić information content (AvgIpc) is 2.80. The third-order valence-corrected chi connectivity index (χ3v) is 6.43. The number of alkyl halides is 3. The first-order valence-corrected chi connectivity index (χ1v) is 10.0. The minimum Gasteiger partial charge on any atom is -0.496 e. The Hall–Kier alpha value is -1.74. The van der Waals surface area contributed by atoms with Crippen molar-refractivity contribution in [3.05, 3.63) is 40.7 Å². The molecule has 0 spiro atoms. The molecule has 9 heteroatoms. The Morgan fingerprint density at radius 2 is 1.89 bits per heavy atom. The maximum atomic E-state index is 12.5. The number of nitrogens with zero attached hydrogens (tertiary/aromatic N) is 1. The van der Waals surface area contributed by atoms with Gasteiger partial charge in [-0.05, 0) is 55.5 Å². The van der Waals surface area contributed by atoms with E-state index in [1.54, 1.807) is 7.11 Å². The molecular formula is C18H22F3NO4S. The van der Waals surface area contributed by atoms with Crippen molar-refractivity contribution >= 4 is 10.1 Å². The second kappa shape index (κ2) is 7.01. The zero-order valence-electron chi connectivity index (χ0n) is 15.3. The van der Waals surface area contributed by atoms with E-state index >= 15 is 0 Å². The molecule has 5 nitrogen and oxygen atoms in total. The molecule has 1 saturated heterocycles. The lowest BCUT2D eigenvalue weighted by Gasteiger charge is -2.34. The van der Waals surface area contributed by atoms with Crippen LogP contribution in [0.5, 0.6) is 5.75 Å². The number of benzene rings is 1. The van der Waals surface area contributed by atoms with Crippen LogP contribution in [-0.2, 0) is 20.8 Å². The molecule has 0 amide bonds. The number of ether oxygens (including phenoxy) is 1. The summed E-state index contributed by atoms with van der Waals surface area (Å²) in [5.74, 6) is 0.699. The highest BCUT2D eigenvalue weighted by molar-refractivity contribution is 7.87. The standard InChI is InChI=1S/C18H22F3NO4S/c1-11-12(2)17(25-3)7-4-13(11)10-22-14-5-6-15(22)9-16(8-14)26-27(23,24)18(19,20)21/h4,7-8,14-15H,5-6,9-10H2,1-3H3. The second-order valence-corrected chi connectivity index (χ2v) is 8.51. The second-order valence-electron chi connectivity index (χ2n) is 6.97. The molecule has 0 N–H and O–H groups in total. The lowest BCUT2D eigenvalue weighted by molar-refractivity contribution is -0.0526.